The van der Waals surface area contributed by atoms with E-state index in [4.69, 9.17) is 4.18 Å². The molecule has 0 bridgehead atoms. The molecule has 0 spiro atoms. The van der Waals surface area contributed by atoms with Crippen LogP contribution in [0.2, 0.25) is 0 Å². The maximum Gasteiger partial charge on any atom is 0.339 e. The summed E-state index contributed by atoms with van der Waals surface area (Å²) in [4.78, 5) is 24.8. The Morgan fingerprint density at radius 1 is 1.00 bits per heavy atom. The third-order valence-corrected chi connectivity index (χ3v) is 6.31. The molecule has 1 aliphatic rings. The average Bonchev–Trinajstić information content (AvgIpc) is 3.63. The number of nitro groups is 1. The number of nitrogens with zero attached hydrogens (tertiary/aromatic N) is 2. The normalized spacial score (nSPS) is 13.4. The van der Waals surface area contributed by atoms with Crippen LogP contribution in [0.4, 0.5) is 5.69 Å². The second kappa shape index (κ2) is 8.80. The lowest BCUT2D eigenvalue weighted by Crippen LogP contribution is -2.32. The van der Waals surface area contributed by atoms with Crippen LogP contribution in [0.25, 0.3) is 0 Å². The van der Waals surface area contributed by atoms with Gasteiger partial charge in [-0.25, -0.2) is 0 Å². The largest absolute Gasteiger partial charge is 0.379 e. The molecule has 8 nitrogen and oxygen atoms in total. The van der Waals surface area contributed by atoms with Gasteiger partial charge in [0.25, 0.3) is 11.6 Å². The van der Waals surface area contributed by atoms with Gasteiger partial charge < -0.3 is 9.08 Å². The van der Waals surface area contributed by atoms with E-state index in [0.717, 1.165) is 24.5 Å². The Morgan fingerprint density at radius 2 is 1.69 bits per heavy atom. The van der Waals surface area contributed by atoms with E-state index in [0.29, 0.717) is 12.1 Å². The molecule has 0 heterocycles. The highest BCUT2D eigenvalue weighted by Gasteiger charge is 2.33. The Balaban J connectivity index is 1.49. The van der Waals surface area contributed by atoms with Crippen LogP contribution >= 0.6 is 0 Å². The van der Waals surface area contributed by atoms with E-state index >= 15 is 0 Å². The van der Waals surface area contributed by atoms with Crippen molar-refractivity contribution in [3.63, 3.8) is 0 Å². The van der Waals surface area contributed by atoms with E-state index in [9.17, 15) is 23.3 Å². The Bertz CT molecular complexity index is 1240. The minimum Gasteiger partial charge on any atom is -0.379 e. The van der Waals surface area contributed by atoms with Gasteiger partial charge in [-0.1, -0.05) is 36.4 Å². The van der Waals surface area contributed by atoms with E-state index in [1.165, 1.54) is 42.5 Å². The van der Waals surface area contributed by atoms with Crippen molar-refractivity contribution in [3.8, 4) is 5.75 Å². The first-order valence-electron chi connectivity index (χ1n) is 9.97. The fourth-order valence-electron chi connectivity index (χ4n) is 3.28. The molecule has 0 radical (unpaired) electrons. The van der Waals surface area contributed by atoms with Crippen molar-refractivity contribution in [2.45, 2.75) is 30.3 Å². The number of rotatable bonds is 8. The average molecular weight is 452 g/mol. The van der Waals surface area contributed by atoms with Gasteiger partial charge in [-0.15, -0.1) is 0 Å². The number of hydrogen-bond acceptors (Lipinski definition) is 6. The number of carbonyl (C=O) groups excluding carboxylic acids is 1. The molecule has 0 atom stereocenters. The summed E-state index contributed by atoms with van der Waals surface area (Å²) in [6, 6.07) is 20.4. The maximum atomic E-state index is 13.1. The molecule has 9 heteroatoms. The van der Waals surface area contributed by atoms with Gasteiger partial charge in [0.2, 0.25) is 0 Å². The number of non-ortho nitro benzene ring substituents is 1. The van der Waals surface area contributed by atoms with Crippen LogP contribution in [0.1, 0.15) is 28.8 Å². The standard InChI is InChI=1S/C23H20N2O6S/c26-23(24(19-11-12-19)16-17-5-2-1-3-6-17)18-9-13-21(14-10-18)31-32(29,30)22-8-4-7-20(15-22)25(27)28/h1-10,13-15,19H,11-12,16H2. The molecule has 0 N–H and O–H groups in total. The molecule has 1 saturated carbocycles. The van der Waals surface area contributed by atoms with Gasteiger partial charge in [0.05, 0.1) is 4.92 Å². The van der Waals surface area contributed by atoms with E-state index in [-0.39, 0.29) is 28.3 Å². The summed E-state index contributed by atoms with van der Waals surface area (Å²) >= 11 is 0. The zero-order chi connectivity index (χ0) is 22.7. The molecule has 164 valence electrons. The number of amides is 1. The number of benzene rings is 3. The first kappa shape index (κ1) is 21.5. The predicted molar refractivity (Wildman–Crippen MR) is 117 cm³/mol. The Morgan fingerprint density at radius 3 is 2.31 bits per heavy atom. The third kappa shape index (κ3) is 4.94. The van der Waals surface area contributed by atoms with Crippen molar-refractivity contribution in [1.29, 1.82) is 0 Å². The molecule has 0 aromatic heterocycles. The first-order valence-corrected chi connectivity index (χ1v) is 11.4. The molecule has 1 amide bonds. The minimum absolute atomic E-state index is 0.00841. The molecule has 32 heavy (non-hydrogen) atoms. The fraction of sp³-hybridized carbons (Fsp3) is 0.174. The molecule has 0 unspecified atom stereocenters. The number of carbonyl (C=O) groups is 1. The zero-order valence-corrected chi connectivity index (χ0v) is 17.8. The maximum absolute atomic E-state index is 13.1. The molecule has 4 rings (SSSR count). The Labute approximate surface area is 185 Å². The fourth-order valence-corrected chi connectivity index (χ4v) is 4.25. The van der Waals surface area contributed by atoms with Crippen LogP contribution in [-0.2, 0) is 16.7 Å². The van der Waals surface area contributed by atoms with Crippen LogP contribution in [0.5, 0.6) is 5.75 Å². The van der Waals surface area contributed by atoms with Gasteiger partial charge in [0, 0.05) is 30.3 Å². The second-order valence-corrected chi connectivity index (χ2v) is 9.01. The van der Waals surface area contributed by atoms with Gasteiger partial charge in [-0.3, -0.25) is 14.9 Å². The van der Waals surface area contributed by atoms with E-state index < -0.39 is 15.0 Å². The van der Waals surface area contributed by atoms with E-state index in [2.05, 4.69) is 0 Å². The molecule has 0 aliphatic heterocycles. The molecular formula is C23H20N2O6S. The van der Waals surface area contributed by atoms with Crippen LogP contribution in [0.3, 0.4) is 0 Å². The van der Waals surface area contributed by atoms with Crippen molar-refractivity contribution in [1.82, 2.24) is 4.90 Å². The van der Waals surface area contributed by atoms with Crippen molar-refractivity contribution in [2.75, 3.05) is 0 Å². The highest BCUT2D eigenvalue weighted by Crippen LogP contribution is 2.30. The molecule has 3 aromatic carbocycles. The lowest BCUT2D eigenvalue weighted by atomic mass is 10.1. The SMILES string of the molecule is O=C(c1ccc(OS(=O)(=O)c2cccc([N+](=O)[O-])c2)cc1)N(Cc1ccccc1)C1CC1. The quantitative estimate of drug-likeness (QED) is 0.288. The van der Waals surface area contributed by atoms with Gasteiger partial charge in [-0.05, 0) is 48.7 Å². The monoisotopic (exact) mass is 452 g/mol. The summed E-state index contributed by atoms with van der Waals surface area (Å²) in [7, 11) is -4.26. The third-order valence-electron chi connectivity index (χ3n) is 5.07. The summed E-state index contributed by atoms with van der Waals surface area (Å²) in [6.07, 6.45) is 1.92. The molecule has 3 aromatic rings. The highest BCUT2D eigenvalue weighted by molar-refractivity contribution is 7.87. The van der Waals surface area contributed by atoms with Gasteiger partial charge in [0.1, 0.15) is 10.6 Å². The second-order valence-electron chi connectivity index (χ2n) is 7.47. The predicted octanol–water partition coefficient (Wildman–Crippen LogP) is 4.17. The van der Waals surface area contributed by atoms with E-state index in [1.807, 2.05) is 35.2 Å². The molecule has 1 fully saturated rings. The molecular weight excluding hydrogens is 432 g/mol. The topological polar surface area (TPSA) is 107 Å². The first-order chi connectivity index (χ1) is 15.3. The summed E-state index contributed by atoms with van der Waals surface area (Å²) in [5, 5.41) is 10.9. The van der Waals surface area contributed by atoms with Gasteiger partial charge in [0.15, 0.2) is 0 Å². The van der Waals surface area contributed by atoms with Crippen LogP contribution in [0.15, 0.2) is 83.8 Å². The zero-order valence-electron chi connectivity index (χ0n) is 17.0. The van der Waals surface area contributed by atoms with Crippen molar-refractivity contribution in [3.05, 3.63) is 100 Å². The van der Waals surface area contributed by atoms with Crippen LogP contribution < -0.4 is 4.18 Å². The van der Waals surface area contributed by atoms with Gasteiger partial charge in [-0.2, -0.15) is 8.42 Å². The Kier molecular flexibility index (Phi) is 5.91. The summed E-state index contributed by atoms with van der Waals surface area (Å²) in [5.74, 6) is -0.126. The number of nitro benzene ring substituents is 1. The van der Waals surface area contributed by atoms with Crippen LogP contribution in [-0.4, -0.2) is 30.2 Å². The molecule has 0 saturated heterocycles. The minimum atomic E-state index is -4.26. The smallest absolute Gasteiger partial charge is 0.339 e. The summed E-state index contributed by atoms with van der Waals surface area (Å²) in [5.41, 5.74) is 1.11. The lowest BCUT2D eigenvalue weighted by Gasteiger charge is -2.23. The Hall–Kier alpha value is -3.72. The highest BCUT2D eigenvalue weighted by atomic mass is 32.2. The molecule has 1 aliphatic carbocycles. The van der Waals surface area contributed by atoms with E-state index in [1.54, 1.807) is 0 Å². The summed E-state index contributed by atoms with van der Waals surface area (Å²) < 4.78 is 30.1. The lowest BCUT2D eigenvalue weighted by molar-refractivity contribution is -0.385. The summed E-state index contributed by atoms with van der Waals surface area (Å²) in [6.45, 7) is 0.504. The number of hydrogen-bond donors (Lipinski definition) is 0. The van der Waals surface area contributed by atoms with Crippen molar-refractivity contribution < 1.29 is 22.3 Å². The van der Waals surface area contributed by atoms with Crippen LogP contribution in [0, 0.1) is 10.1 Å². The van der Waals surface area contributed by atoms with Crippen molar-refractivity contribution in [2.24, 2.45) is 0 Å². The van der Waals surface area contributed by atoms with Gasteiger partial charge >= 0.3 is 10.1 Å². The van der Waals surface area contributed by atoms with Crippen molar-refractivity contribution >= 4 is 21.7 Å².